The van der Waals surface area contributed by atoms with Crippen LogP contribution in [0, 0.1) is 0 Å². The molecular formula is C8H7O2. The lowest BCUT2D eigenvalue weighted by molar-refractivity contribution is 0.101. The number of hydrogen-bond acceptors (Lipinski definition) is 1. The van der Waals surface area contributed by atoms with E-state index in [1.54, 1.807) is 0 Å². The SMILES string of the molecule is CC(=O)c1ccc([O])cc1. The Labute approximate surface area is 59.1 Å². The van der Waals surface area contributed by atoms with E-state index < -0.39 is 0 Å². The van der Waals surface area contributed by atoms with E-state index in [1.807, 2.05) is 0 Å². The molecule has 0 bridgehead atoms. The lowest BCUT2D eigenvalue weighted by Crippen LogP contribution is -1.88. The summed E-state index contributed by atoms with van der Waals surface area (Å²) in [6.07, 6.45) is 0. The third-order valence-corrected chi connectivity index (χ3v) is 1.26. The first-order valence-electron chi connectivity index (χ1n) is 2.98. The lowest BCUT2D eigenvalue weighted by Gasteiger charge is -1.91. The molecule has 1 rings (SSSR count). The van der Waals surface area contributed by atoms with Crippen molar-refractivity contribution in [3.63, 3.8) is 0 Å². The normalized spacial score (nSPS) is 9.30. The Balaban J connectivity index is 3.00. The molecule has 0 heterocycles. The molecule has 51 valence electrons. The highest BCUT2D eigenvalue weighted by Gasteiger charge is 1.97. The van der Waals surface area contributed by atoms with Gasteiger partial charge in [-0.25, -0.2) is 0 Å². The summed E-state index contributed by atoms with van der Waals surface area (Å²) >= 11 is 0. The second kappa shape index (κ2) is 2.52. The minimum absolute atomic E-state index is 0.0139. The average molecular weight is 135 g/mol. The molecule has 0 aliphatic heterocycles. The average Bonchev–Trinajstić information content (AvgIpc) is 1.88. The third kappa shape index (κ3) is 1.35. The van der Waals surface area contributed by atoms with Crippen LogP contribution in [-0.2, 0) is 5.11 Å². The van der Waals surface area contributed by atoms with Crippen LogP contribution in [0.1, 0.15) is 17.3 Å². The Morgan fingerprint density at radius 3 is 2.10 bits per heavy atom. The summed E-state index contributed by atoms with van der Waals surface area (Å²) in [5.74, 6) is -0.0787. The Morgan fingerprint density at radius 1 is 1.20 bits per heavy atom. The van der Waals surface area contributed by atoms with Gasteiger partial charge in [0, 0.05) is 5.56 Å². The second-order valence-corrected chi connectivity index (χ2v) is 2.08. The van der Waals surface area contributed by atoms with E-state index >= 15 is 0 Å². The van der Waals surface area contributed by atoms with E-state index in [2.05, 4.69) is 0 Å². The first kappa shape index (κ1) is 6.81. The number of Topliss-reactive ketones (excluding diaryl/α,β-unsaturated/α-hetero) is 1. The highest BCUT2D eigenvalue weighted by Crippen LogP contribution is 2.10. The summed E-state index contributed by atoms with van der Waals surface area (Å²) in [5, 5.41) is 10.5. The molecule has 1 aromatic rings. The quantitative estimate of drug-likeness (QED) is 0.543. The molecule has 10 heavy (non-hydrogen) atoms. The highest BCUT2D eigenvalue weighted by atomic mass is 16.3. The van der Waals surface area contributed by atoms with E-state index in [0.29, 0.717) is 5.56 Å². The molecule has 0 saturated carbocycles. The fourth-order valence-corrected chi connectivity index (χ4v) is 0.690. The fraction of sp³-hybridized carbons (Fsp3) is 0.125. The van der Waals surface area contributed by atoms with Crippen LogP contribution in [0.25, 0.3) is 0 Å². The predicted octanol–water partition coefficient (Wildman–Crippen LogP) is 2.03. The van der Waals surface area contributed by atoms with Crippen LogP contribution in [0.4, 0.5) is 0 Å². The van der Waals surface area contributed by atoms with Crippen molar-refractivity contribution < 1.29 is 9.90 Å². The summed E-state index contributed by atoms with van der Waals surface area (Å²) in [5.41, 5.74) is 0.583. The Kier molecular flexibility index (Phi) is 1.71. The standard InChI is InChI=1S/C8H7O2/c1-6(9)7-2-4-8(10)5-3-7/h2-5H,1H3. The van der Waals surface area contributed by atoms with Crippen molar-refractivity contribution in [2.45, 2.75) is 6.92 Å². The monoisotopic (exact) mass is 135 g/mol. The highest BCUT2D eigenvalue weighted by molar-refractivity contribution is 5.94. The summed E-state index contributed by atoms with van der Waals surface area (Å²) < 4.78 is 0. The zero-order valence-electron chi connectivity index (χ0n) is 5.63. The number of benzene rings is 1. The molecule has 0 N–H and O–H groups in total. The smallest absolute Gasteiger partial charge is 0.178 e. The van der Waals surface area contributed by atoms with Crippen LogP contribution in [-0.4, -0.2) is 5.78 Å². The van der Waals surface area contributed by atoms with Gasteiger partial charge in [-0.15, -0.1) is 0 Å². The van der Waals surface area contributed by atoms with Gasteiger partial charge in [0.15, 0.2) is 11.5 Å². The molecule has 0 spiro atoms. The molecule has 2 heteroatoms. The van der Waals surface area contributed by atoms with Gasteiger partial charge in [-0.1, -0.05) is 0 Å². The van der Waals surface area contributed by atoms with Crippen LogP contribution >= 0.6 is 0 Å². The van der Waals surface area contributed by atoms with Crippen molar-refractivity contribution in [3.05, 3.63) is 29.8 Å². The van der Waals surface area contributed by atoms with Gasteiger partial charge >= 0.3 is 0 Å². The number of carbonyl (C=O) groups excluding carboxylic acids is 1. The first-order chi connectivity index (χ1) is 4.70. The van der Waals surface area contributed by atoms with Gasteiger partial charge < -0.3 is 0 Å². The first-order valence-corrected chi connectivity index (χ1v) is 2.98. The number of hydrogen-bond donors (Lipinski definition) is 0. The number of rotatable bonds is 1. The maximum atomic E-state index is 10.7. The van der Waals surface area contributed by atoms with Crippen LogP contribution in [0.5, 0.6) is 5.75 Å². The zero-order valence-corrected chi connectivity index (χ0v) is 5.63. The molecule has 0 amide bonds. The Hall–Kier alpha value is -1.31. The van der Waals surface area contributed by atoms with Crippen molar-refractivity contribution in [1.29, 1.82) is 0 Å². The van der Waals surface area contributed by atoms with Gasteiger partial charge in [0.05, 0.1) is 0 Å². The van der Waals surface area contributed by atoms with Gasteiger partial charge in [0.25, 0.3) is 0 Å². The topological polar surface area (TPSA) is 37.0 Å². The van der Waals surface area contributed by atoms with Crippen LogP contribution in [0.2, 0.25) is 0 Å². The van der Waals surface area contributed by atoms with Gasteiger partial charge in [-0.2, -0.15) is 0 Å². The van der Waals surface area contributed by atoms with Crippen LogP contribution in [0.3, 0.4) is 0 Å². The lowest BCUT2D eigenvalue weighted by atomic mass is 10.1. The van der Waals surface area contributed by atoms with E-state index in [4.69, 9.17) is 0 Å². The molecule has 0 fully saturated rings. The molecule has 1 radical (unpaired) electrons. The molecule has 0 atom stereocenters. The molecule has 0 saturated heterocycles. The second-order valence-electron chi connectivity index (χ2n) is 2.08. The Morgan fingerprint density at radius 2 is 1.70 bits per heavy atom. The molecule has 0 aromatic heterocycles. The van der Waals surface area contributed by atoms with Crippen molar-refractivity contribution in [3.8, 4) is 5.75 Å². The van der Waals surface area contributed by atoms with E-state index in [9.17, 15) is 9.90 Å². The molecule has 0 unspecified atom stereocenters. The van der Waals surface area contributed by atoms with Crippen LogP contribution < -0.4 is 0 Å². The third-order valence-electron chi connectivity index (χ3n) is 1.26. The fourth-order valence-electron chi connectivity index (χ4n) is 0.690. The minimum Gasteiger partial charge on any atom is -0.295 e. The predicted molar refractivity (Wildman–Crippen MR) is 36.6 cm³/mol. The zero-order chi connectivity index (χ0) is 7.56. The number of carbonyl (C=O) groups is 1. The molecular weight excluding hydrogens is 128 g/mol. The number of ketones is 1. The maximum absolute atomic E-state index is 10.7. The van der Waals surface area contributed by atoms with Crippen molar-refractivity contribution in [2.75, 3.05) is 0 Å². The molecule has 2 nitrogen and oxygen atoms in total. The Bertz CT molecular complexity index is 236. The van der Waals surface area contributed by atoms with E-state index in [-0.39, 0.29) is 11.5 Å². The molecule has 1 aromatic carbocycles. The van der Waals surface area contributed by atoms with Crippen molar-refractivity contribution >= 4 is 5.78 Å². The van der Waals surface area contributed by atoms with Crippen LogP contribution in [0.15, 0.2) is 24.3 Å². The summed E-state index contributed by atoms with van der Waals surface area (Å²) in [4.78, 5) is 10.7. The maximum Gasteiger partial charge on any atom is 0.178 e. The summed E-state index contributed by atoms with van der Waals surface area (Å²) in [6, 6.07) is 5.84. The summed E-state index contributed by atoms with van der Waals surface area (Å²) in [7, 11) is 0. The van der Waals surface area contributed by atoms with E-state index in [0.717, 1.165) is 0 Å². The van der Waals surface area contributed by atoms with Gasteiger partial charge in [0.2, 0.25) is 0 Å². The van der Waals surface area contributed by atoms with Crippen molar-refractivity contribution in [1.82, 2.24) is 0 Å². The van der Waals surface area contributed by atoms with Gasteiger partial charge in [-0.05, 0) is 31.2 Å². The van der Waals surface area contributed by atoms with E-state index in [1.165, 1.54) is 31.2 Å². The van der Waals surface area contributed by atoms with Gasteiger partial charge in [0.1, 0.15) is 0 Å². The molecule has 0 aliphatic rings. The van der Waals surface area contributed by atoms with Gasteiger partial charge in [-0.3, -0.25) is 9.90 Å². The largest absolute Gasteiger partial charge is 0.295 e. The van der Waals surface area contributed by atoms with Crippen molar-refractivity contribution in [2.24, 2.45) is 0 Å². The molecule has 0 aliphatic carbocycles. The summed E-state index contributed by atoms with van der Waals surface area (Å²) in [6.45, 7) is 1.47. The minimum atomic E-state index is -0.0648.